The van der Waals surface area contributed by atoms with Gasteiger partial charge in [-0.2, -0.15) is 0 Å². The molecular weight excluding hydrogens is 1260 g/mol. The van der Waals surface area contributed by atoms with Crippen LogP contribution in [0.4, 0.5) is 11.4 Å². The summed E-state index contributed by atoms with van der Waals surface area (Å²) >= 11 is 0. The minimum atomic E-state index is -0.886. The maximum absolute atomic E-state index is 12.5. The first-order valence-electron chi connectivity index (χ1n) is 33.2. The van der Waals surface area contributed by atoms with Gasteiger partial charge in [0.05, 0.1) is 90.5 Å². The number of ether oxygens (including phenoxy) is 8. The molecule has 0 bridgehead atoms. The Morgan fingerprint density at radius 2 is 0.969 bits per heavy atom. The fourth-order valence-corrected chi connectivity index (χ4v) is 16.1. The Balaban J connectivity index is 0.000000223. The van der Waals surface area contributed by atoms with Gasteiger partial charge in [0.2, 0.25) is 11.8 Å². The summed E-state index contributed by atoms with van der Waals surface area (Å²) in [4.78, 5) is 70.2. The van der Waals surface area contributed by atoms with E-state index in [1.54, 1.807) is 0 Å². The Hall–Kier alpha value is -7.29. The number of hydrogen-bond acceptors (Lipinski definition) is 19. The van der Waals surface area contributed by atoms with Gasteiger partial charge in [-0.15, -0.1) is 12.4 Å². The van der Waals surface area contributed by atoms with E-state index in [0.29, 0.717) is 106 Å². The van der Waals surface area contributed by atoms with E-state index in [0.717, 1.165) is 44.9 Å². The van der Waals surface area contributed by atoms with Gasteiger partial charge in [0.15, 0.2) is 11.5 Å². The molecule has 4 saturated carbocycles. The lowest BCUT2D eigenvalue weighted by molar-refractivity contribution is -0.140. The molecule has 4 aromatic rings. The smallest absolute Gasteiger partial charge is 0.305 e. The summed E-state index contributed by atoms with van der Waals surface area (Å²) in [5.74, 6) is 0.470. The number of rotatable bonds is 30. The predicted molar refractivity (Wildman–Crippen MR) is 359 cm³/mol. The Kier molecular flexibility index (Phi) is 28.4. The molecule has 0 radical (unpaired) electrons. The molecule has 4 amide bonds. The van der Waals surface area contributed by atoms with Gasteiger partial charge in [-0.05, 0) is 201 Å². The van der Waals surface area contributed by atoms with Crippen molar-refractivity contribution in [3.05, 3.63) is 94.0 Å². The van der Waals surface area contributed by atoms with Crippen LogP contribution >= 0.6 is 12.4 Å². The van der Waals surface area contributed by atoms with Gasteiger partial charge in [0, 0.05) is 26.0 Å². The number of nitrogens with one attached hydrogen (secondary N) is 2. The van der Waals surface area contributed by atoms with Crippen LogP contribution in [0.2, 0.25) is 0 Å². The lowest BCUT2D eigenvalue weighted by Crippen LogP contribution is -2.44. The van der Waals surface area contributed by atoms with E-state index in [9.17, 15) is 49.2 Å². The van der Waals surface area contributed by atoms with Crippen molar-refractivity contribution in [1.82, 2.24) is 0 Å². The highest BCUT2D eigenvalue weighted by Gasteiger charge is 2.57. The average molecular weight is 1360 g/mol. The fraction of sp³-hybridized carbons (Fsp3) is 0.577. The number of fused-ring (bicyclic) bond motifs is 10. The summed E-state index contributed by atoms with van der Waals surface area (Å²) in [6, 6.07) is 17.5. The number of methoxy groups -OCH3 is 2. The minimum Gasteiger partial charge on any atom is -0.508 e. The molecule has 8 unspecified atom stereocenters. The van der Waals surface area contributed by atoms with Gasteiger partial charge in [-0.1, -0.05) is 26.0 Å². The van der Waals surface area contributed by atoms with E-state index in [1.807, 2.05) is 24.3 Å². The van der Waals surface area contributed by atoms with E-state index in [2.05, 4.69) is 36.6 Å². The third-order valence-corrected chi connectivity index (χ3v) is 20.6. The van der Waals surface area contributed by atoms with Crippen LogP contribution in [-0.4, -0.2) is 160 Å². The van der Waals surface area contributed by atoms with Crippen molar-refractivity contribution in [2.75, 3.05) is 97.5 Å². The van der Waals surface area contributed by atoms with Crippen LogP contribution < -0.4 is 37.3 Å². The lowest BCUT2D eigenvalue weighted by Gasteiger charge is -2.50. The number of aryl methyl sites for hydroxylation is 2. The number of aliphatic carboxylic acids is 1. The number of amides is 4. The quantitative estimate of drug-likeness (QED) is 0.0172. The maximum atomic E-state index is 12.5. The van der Waals surface area contributed by atoms with Gasteiger partial charge in [-0.3, -0.25) is 28.8 Å². The molecule has 0 aliphatic heterocycles. The molecule has 24 nitrogen and oxygen atoms in total. The number of aromatic hydroxyl groups is 4. The Bertz CT molecular complexity index is 3320. The summed E-state index contributed by atoms with van der Waals surface area (Å²) in [6.45, 7) is 7.30. The predicted octanol–water partition coefficient (Wildman–Crippen LogP) is 8.82. The second kappa shape index (κ2) is 35.8. The summed E-state index contributed by atoms with van der Waals surface area (Å²) in [6.07, 6.45) is 15.5. The number of carboxylic acid groups (broad SMARTS) is 1. The molecule has 13 N–H and O–H groups in total. The molecular formula is C71H98ClN5O19. The monoisotopic (exact) mass is 1360 g/mol. The summed E-state index contributed by atoms with van der Waals surface area (Å²) in [5, 5.41) is 53.8. The molecule has 6 aliphatic carbocycles. The molecule has 4 aromatic carbocycles. The minimum absolute atomic E-state index is 0. The van der Waals surface area contributed by atoms with E-state index in [1.165, 1.54) is 92.8 Å². The topological polar surface area (TPSA) is 380 Å². The SMILES string of the molecule is CC12CCC3c4ccc(O)cc4CCC3C1CC[C@@H]2OCCC(=O)O.COc1ccc(NC(=O)COCCOCCCC(=O)CCO[C@@H]2CCC3C4CCc5cc(O)ccc5C4CCC32C)c(O)c1C(N)=O.COc1ccc(NC(=O)COCCOCCN)c(O)c1C(N)=O.Cl. The highest BCUT2D eigenvalue weighted by molar-refractivity contribution is 6.03. The maximum Gasteiger partial charge on any atom is 0.305 e. The highest BCUT2D eigenvalue weighted by atomic mass is 35.5. The number of carbonyl (C=O) groups excluding carboxylic acids is 5. The number of phenols is 4. The Morgan fingerprint density at radius 1 is 0.531 bits per heavy atom. The first kappa shape index (κ1) is 76.1. The highest BCUT2D eigenvalue weighted by Crippen LogP contribution is 2.63. The fourth-order valence-electron chi connectivity index (χ4n) is 16.1. The van der Waals surface area contributed by atoms with Crippen molar-refractivity contribution < 1.29 is 92.2 Å². The van der Waals surface area contributed by atoms with Crippen LogP contribution in [0.3, 0.4) is 0 Å². The van der Waals surface area contributed by atoms with E-state index in [4.69, 9.17) is 60.2 Å². The third-order valence-electron chi connectivity index (χ3n) is 20.6. The molecule has 4 fully saturated rings. The number of anilines is 2. The molecule has 96 heavy (non-hydrogen) atoms. The van der Waals surface area contributed by atoms with Crippen LogP contribution in [-0.2, 0) is 60.4 Å². The first-order chi connectivity index (χ1) is 45.6. The molecule has 6 aliphatic rings. The number of nitrogens with two attached hydrogens (primary N) is 3. The van der Waals surface area contributed by atoms with E-state index in [-0.39, 0.29) is 115 Å². The first-order valence-corrected chi connectivity index (χ1v) is 33.2. The average Bonchev–Trinajstić information content (AvgIpc) is 1.47. The zero-order valence-electron chi connectivity index (χ0n) is 55.6. The van der Waals surface area contributed by atoms with Crippen molar-refractivity contribution in [3.8, 4) is 34.5 Å². The number of halogens is 1. The van der Waals surface area contributed by atoms with Crippen LogP contribution in [0.15, 0.2) is 60.7 Å². The van der Waals surface area contributed by atoms with Crippen molar-refractivity contribution in [2.24, 2.45) is 51.7 Å². The number of hydrogen-bond donors (Lipinski definition) is 10. The number of benzene rings is 4. The number of phenolic OH excluding ortho intramolecular Hbond substituents is 2. The normalized spacial score (nSPS) is 24.0. The molecule has 10 atom stereocenters. The van der Waals surface area contributed by atoms with Crippen molar-refractivity contribution in [1.29, 1.82) is 0 Å². The van der Waals surface area contributed by atoms with Crippen LogP contribution in [0.5, 0.6) is 34.5 Å². The van der Waals surface area contributed by atoms with Crippen LogP contribution in [0, 0.1) is 34.5 Å². The van der Waals surface area contributed by atoms with Crippen molar-refractivity contribution in [3.63, 3.8) is 0 Å². The van der Waals surface area contributed by atoms with Crippen LogP contribution in [0.1, 0.15) is 159 Å². The Labute approximate surface area is 567 Å². The lowest BCUT2D eigenvalue weighted by atomic mass is 9.55. The summed E-state index contributed by atoms with van der Waals surface area (Å²) in [5.41, 5.74) is 21.2. The van der Waals surface area contributed by atoms with Crippen LogP contribution in [0.25, 0.3) is 0 Å². The molecule has 0 spiro atoms. The molecule has 528 valence electrons. The van der Waals surface area contributed by atoms with E-state index < -0.39 is 41.1 Å². The second-order valence-corrected chi connectivity index (χ2v) is 26.1. The van der Waals surface area contributed by atoms with Crippen molar-refractivity contribution >= 4 is 59.2 Å². The van der Waals surface area contributed by atoms with Gasteiger partial charge < -0.3 is 91.3 Å². The van der Waals surface area contributed by atoms with Gasteiger partial charge in [-0.25, -0.2) is 0 Å². The number of carbonyl (C=O) groups is 6. The molecule has 10 rings (SSSR count). The molecule has 0 heterocycles. The number of Topliss-reactive ketones (excluding diaryl/α,β-unsaturated/α-hetero) is 1. The molecule has 25 heteroatoms. The Morgan fingerprint density at radius 3 is 1.40 bits per heavy atom. The summed E-state index contributed by atoms with van der Waals surface area (Å²) < 4.78 is 43.4. The number of ketones is 1. The largest absolute Gasteiger partial charge is 0.508 e. The van der Waals surface area contributed by atoms with Gasteiger partial charge in [0.1, 0.15) is 53.1 Å². The second-order valence-electron chi connectivity index (χ2n) is 26.1. The third kappa shape index (κ3) is 18.9. The zero-order chi connectivity index (χ0) is 68.4. The zero-order valence-corrected chi connectivity index (χ0v) is 56.4. The number of primary amides is 2. The summed E-state index contributed by atoms with van der Waals surface area (Å²) in [7, 11) is 2.67. The molecule has 0 saturated heterocycles. The van der Waals surface area contributed by atoms with Gasteiger partial charge >= 0.3 is 5.97 Å². The van der Waals surface area contributed by atoms with E-state index >= 15 is 0 Å². The van der Waals surface area contributed by atoms with Gasteiger partial charge in [0.25, 0.3) is 11.8 Å². The van der Waals surface area contributed by atoms with Crippen molar-refractivity contribution in [2.45, 2.75) is 141 Å². The number of carboxylic acids is 1. The molecule has 0 aromatic heterocycles. The standard InChI is InChI=1S/C36H48N2O9.C21H28O4.C14H21N3O6.ClH/c1-36-15-13-26-25-8-6-24(40)20-22(25)5-7-27(26)28(36)9-12-31(36)47-17-14-23(39)4-3-16-45-18-19-46-21-32(41)38-29-10-11-30(44-2)33(34(29)42)35(37)43;1-21-10-8-16-15-5-3-14(22)12-13(15)2-4-17(16)18(21)6-7-19(21)25-11-9-20(23)24;1-21-10-3-2-9(13(19)12(10)14(16)20)17-11(18)8-23-7-6-22-5-4-15;/h6,8,10-11,20,26-28,31,40,42H,3-5,7,9,12-19,21H2,1-2H3,(H2,37,43)(H,38,41);3,5,12,16-19,22H,2,4,6-11H2,1H3,(H,23,24);2-3,19H,4-8,15H2,1H3,(H2,16,20)(H,17,18);1H/t26?,27?,28?,31-,36?;16?,17?,18?,19-,21?;;/m10../s1.